The molecule has 0 saturated heterocycles. The molecule has 1 amide bonds. The average Bonchev–Trinajstić information content (AvgIpc) is 3.17. The van der Waals surface area contributed by atoms with Crippen LogP contribution in [-0.4, -0.2) is 24.8 Å². The van der Waals surface area contributed by atoms with Crippen LogP contribution >= 0.6 is 0 Å². The van der Waals surface area contributed by atoms with E-state index >= 15 is 0 Å². The molecule has 3 aromatic rings. The zero-order chi connectivity index (χ0) is 18.6. The van der Waals surface area contributed by atoms with Gasteiger partial charge in [-0.25, -0.2) is 0 Å². The Morgan fingerprint density at radius 3 is 2.26 bits per heavy atom. The molecular weight excluding hydrogens is 338 g/mol. The van der Waals surface area contributed by atoms with E-state index in [1.165, 1.54) is 5.56 Å². The second-order valence-electron chi connectivity index (χ2n) is 6.43. The number of amides is 1. The molecule has 0 aliphatic carbocycles. The Hall–Kier alpha value is -3.40. The molecular formula is C23H19NO3. The van der Waals surface area contributed by atoms with Crippen LogP contribution in [0.15, 0.2) is 78.9 Å². The van der Waals surface area contributed by atoms with Crippen LogP contribution in [0.4, 0.5) is 5.69 Å². The zero-order valence-corrected chi connectivity index (χ0v) is 14.8. The van der Waals surface area contributed by atoms with Gasteiger partial charge in [0.05, 0.1) is 0 Å². The molecule has 4 nitrogen and oxygen atoms in total. The van der Waals surface area contributed by atoms with E-state index in [2.05, 4.69) is 0 Å². The molecule has 4 heteroatoms. The summed E-state index contributed by atoms with van der Waals surface area (Å²) in [6, 6.07) is 24.0. The first-order valence-electron chi connectivity index (χ1n) is 8.93. The summed E-state index contributed by atoms with van der Waals surface area (Å²) in [7, 11) is 0. The van der Waals surface area contributed by atoms with Crippen molar-refractivity contribution in [3.05, 3.63) is 95.6 Å². The maximum Gasteiger partial charge on any atom is 0.264 e. The topological polar surface area (TPSA) is 46.6 Å². The van der Waals surface area contributed by atoms with Crippen molar-refractivity contribution in [2.24, 2.45) is 0 Å². The lowest BCUT2D eigenvalue weighted by Gasteiger charge is -2.17. The summed E-state index contributed by atoms with van der Waals surface area (Å²) < 4.78 is 5.63. The SMILES string of the molecule is O=C(c1ccccc1)c1ccc(OCC(=O)N2CCc3ccccc32)cc1. The first-order chi connectivity index (χ1) is 13.2. The van der Waals surface area contributed by atoms with E-state index in [0.29, 0.717) is 23.4 Å². The molecule has 0 spiro atoms. The Kier molecular flexibility index (Phi) is 4.71. The summed E-state index contributed by atoms with van der Waals surface area (Å²) in [6.07, 6.45) is 0.873. The summed E-state index contributed by atoms with van der Waals surface area (Å²) >= 11 is 0. The molecule has 0 unspecified atom stereocenters. The molecule has 27 heavy (non-hydrogen) atoms. The third-order valence-electron chi connectivity index (χ3n) is 4.70. The summed E-state index contributed by atoms with van der Waals surface area (Å²) in [5.74, 6) is 0.469. The van der Waals surface area contributed by atoms with Gasteiger partial charge in [-0.2, -0.15) is 0 Å². The van der Waals surface area contributed by atoms with Crippen LogP contribution in [-0.2, 0) is 11.2 Å². The number of nitrogens with zero attached hydrogens (tertiary/aromatic N) is 1. The lowest BCUT2D eigenvalue weighted by molar-refractivity contribution is -0.120. The summed E-state index contributed by atoms with van der Waals surface area (Å²) in [5, 5.41) is 0. The highest BCUT2D eigenvalue weighted by Gasteiger charge is 2.24. The molecule has 0 aromatic heterocycles. The minimum absolute atomic E-state index is 0.0275. The number of ketones is 1. The van der Waals surface area contributed by atoms with E-state index in [4.69, 9.17) is 4.74 Å². The normalized spacial score (nSPS) is 12.5. The number of anilines is 1. The van der Waals surface area contributed by atoms with Gasteiger partial charge in [-0.3, -0.25) is 9.59 Å². The van der Waals surface area contributed by atoms with Crippen LogP contribution in [0.25, 0.3) is 0 Å². The Bertz CT molecular complexity index is 964. The van der Waals surface area contributed by atoms with E-state index in [1.54, 1.807) is 41.3 Å². The Labute approximate surface area is 158 Å². The number of hydrogen-bond acceptors (Lipinski definition) is 3. The maximum absolute atomic E-state index is 12.5. The van der Waals surface area contributed by atoms with Crippen molar-refractivity contribution < 1.29 is 14.3 Å². The molecule has 1 aliphatic rings. The van der Waals surface area contributed by atoms with Crippen LogP contribution < -0.4 is 9.64 Å². The Balaban J connectivity index is 1.38. The number of para-hydroxylation sites is 1. The lowest BCUT2D eigenvalue weighted by Crippen LogP contribution is -2.33. The summed E-state index contributed by atoms with van der Waals surface area (Å²) in [5.41, 5.74) is 3.40. The van der Waals surface area contributed by atoms with Gasteiger partial charge < -0.3 is 9.64 Å². The second kappa shape index (κ2) is 7.46. The highest BCUT2D eigenvalue weighted by Crippen LogP contribution is 2.27. The first-order valence-corrected chi connectivity index (χ1v) is 8.93. The van der Waals surface area contributed by atoms with E-state index < -0.39 is 0 Å². The van der Waals surface area contributed by atoms with Gasteiger partial charge in [-0.15, -0.1) is 0 Å². The van der Waals surface area contributed by atoms with Gasteiger partial charge in [0.15, 0.2) is 12.4 Å². The highest BCUT2D eigenvalue weighted by molar-refractivity contribution is 6.09. The average molecular weight is 357 g/mol. The molecule has 4 rings (SSSR count). The molecule has 3 aromatic carbocycles. The molecule has 0 radical (unpaired) electrons. The van der Waals surface area contributed by atoms with Crippen molar-refractivity contribution in [2.45, 2.75) is 6.42 Å². The fourth-order valence-electron chi connectivity index (χ4n) is 3.28. The molecule has 0 N–H and O–H groups in total. The largest absolute Gasteiger partial charge is 0.484 e. The Morgan fingerprint density at radius 2 is 1.48 bits per heavy atom. The Morgan fingerprint density at radius 1 is 0.815 bits per heavy atom. The molecule has 134 valence electrons. The number of carbonyl (C=O) groups excluding carboxylic acids is 2. The molecule has 1 aliphatic heterocycles. The molecule has 0 saturated carbocycles. The van der Waals surface area contributed by atoms with Crippen LogP contribution in [0, 0.1) is 0 Å². The van der Waals surface area contributed by atoms with Crippen molar-refractivity contribution in [3.63, 3.8) is 0 Å². The van der Waals surface area contributed by atoms with Crippen molar-refractivity contribution in [1.82, 2.24) is 0 Å². The number of carbonyl (C=O) groups is 2. The third-order valence-corrected chi connectivity index (χ3v) is 4.70. The van der Waals surface area contributed by atoms with Gasteiger partial charge in [-0.1, -0.05) is 48.5 Å². The van der Waals surface area contributed by atoms with Crippen molar-refractivity contribution in [1.29, 1.82) is 0 Å². The fraction of sp³-hybridized carbons (Fsp3) is 0.130. The van der Waals surface area contributed by atoms with Crippen LogP contribution in [0.5, 0.6) is 5.75 Å². The predicted octanol–water partition coefficient (Wildman–Crippen LogP) is 3.89. The lowest BCUT2D eigenvalue weighted by atomic mass is 10.0. The smallest absolute Gasteiger partial charge is 0.264 e. The van der Waals surface area contributed by atoms with Gasteiger partial charge in [0.25, 0.3) is 5.91 Å². The van der Waals surface area contributed by atoms with Crippen LogP contribution in [0.2, 0.25) is 0 Å². The second-order valence-corrected chi connectivity index (χ2v) is 6.43. The summed E-state index contributed by atoms with van der Waals surface area (Å²) in [4.78, 5) is 26.7. The van der Waals surface area contributed by atoms with E-state index in [1.807, 2.05) is 42.5 Å². The highest BCUT2D eigenvalue weighted by atomic mass is 16.5. The van der Waals surface area contributed by atoms with Crippen LogP contribution in [0.3, 0.4) is 0 Å². The minimum atomic E-state index is -0.0654. The minimum Gasteiger partial charge on any atom is -0.484 e. The van der Waals surface area contributed by atoms with Crippen molar-refractivity contribution >= 4 is 17.4 Å². The molecule has 1 heterocycles. The van der Waals surface area contributed by atoms with E-state index in [-0.39, 0.29) is 18.3 Å². The molecule has 0 fully saturated rings. The van der Waals surface area contributed by atoms with Gasteiger partial charge >= 0.3 is 0 Å². The molecule has 0 bridgehead atoms. The number of fused-ring (bicyclic) bond motifs is 1. The van der Waals surface area contributed by atoms with Crippen molar-refractivity contribution in [2.75, 3.05) is 18.1 Å². The molecule has 0 atom stereocenters. The number of ether oxygens (including phenoxy) is 1. The predicted molar refractivity (Wildman–Crippen MR) is 104 cm³/mol. The van der Waals surface area contributed by atoms with Crippen molar-refractivity contribution in [3.8, 4) is 5.75 Å². The van der Waals surface area contributed by atoms with Gasteiger partial charge in [0.1, 0.15) is 5.75 Å². The van der Waals surface area contributed by atoms with E-state index in [9.17, 15) is 9.59 Å². The monoisotopic (exact) mass is 357 g/mol. The van der Waals surface area contributed by atoms with Gasteiger partial charge in [0, 0.05) is 23.4 Å². The standard InChI is InChI=1S/C23H19NO3/c25-22(24-15-14-17-6-4-5-9-21(17)24)16-27-20-12-10-19(11-13-20)23(26)18-7-2-1-3-8-18/h1-13H,14-16H2. The first kappa shape index (κ1) is 17.0. The number of hydrogen-bond donors (Lipinski definition) is 0. The number of rotatable bonds is 5. The summed E-state index contributed by atoms with van der Waals surface area (Å²) in [6.45, 7) is 0.659. The van der Waals surface area contributed by atoms with Gasteiger partial charge in [-0.05, 0) is 42.3 Å². The van der Waals surface area contributed by atoms with E-state index in [0.717, 1.165) is 12.1 Å². The fourth-order valence-corrected chi connectivity index (χ4v) is 3.28. The maximum atomic E-state index is 12.5. The number of benzene rings is 3. The quantitative estimate of drug-likeness (QED) is 0.651. The van der Waals surface area contributed by atoms with Gasteiger partial charge in [0.2, 0.25) is 0 Å². The zero-order valence-electron chi connectivity index (χ0n) is 14.8. The third kappa shape index (κ3) is 3.60. The van der Waals surface area contributed by atoms with Crippen LogP contribution in [0.1, 0.15) is 21.5 Å².